The van der Waals surface area contributed by atoms with Gasteiger partial charge in [0.2, 0.25) is 0 Å². The summed E-state index contributed by atoms with van der Waals surface area (Å²) in [5.41, 5.74) is 0. The molecule has 0 aliphatic carbocycles. The molecule has 0 radical (unpaired) electrons. The number of aliphatic hydroxyl groups is 1. The fraction of sp³-hybridized carbons (Fsp3) is 0.692. The Labute approximate surface area is 122 Å². The Morgan fingerprint density at radius 3 is 2.48 bits per heavy atom. The van der Waals surface area contributed by atoms with E-state index in [-0.39, 0.29) is 24.9 Å². The van der Waals surface area contributed by atoms with Crippen LogP contribution in [-0.2, 0) is 0 Å². The van der Waals surface area contributed by atoms with E-state index < -0.39 is 12.7 Å². The summed E-state index contributed by atoms with van der Waals surface area (Å²) in [5, 5.41) is 12.0. The summed E-state index contributed by atoms with van der Waals surface area (Å²) < 4.78 is 37.9. The molecule has 1 aromatic heterocycles. The SMILES string of the molecule is CCNc1cc(N(CCO)CC(F)(F)F)nc(C(C)C)n1. The summed E-state index contributed by atoms with van der Waals surface area (Å²) >= 11 is 0. The van der Waals surface area contributed by atoms with Crippen molar-refractivity contribution < 1.29 is 18.3 Å². The molecule has 1 aromatic rings. The molecule has 0 saturated heterocycles. The maximum atomic E-state index is 12.6. The number of aliphatic hydroxyl groups excluding tert-OH is 1. The largest absolute Gasteiger partial charge is 0.405 e. The number of halogens is 3. The van der Waals surface area contributed by atoms with Gasteiger partial charge in [-0.2, -0.15) is 13.2 Å². The molecular weight excluding hydrogens is 285 g/mol. The van der Waals surface area contributed by atoms with Crippen LogP contribution in [0.25, 0.3) is 0 Å². The lowest BCUT2D eigenvalue weighted by Gasteiger charge is -2.25. The van der Waals surface area contributed by atoms with Crippen LogP contribution < -0.4 is 10.2 Å². The van der Waals surface area contributed by atoms with Crippen LogP contribution in [0, 0.1) is 0 Å². The van der Waals surface area contributed by atoms with Gasteiger partial charge in [0.25, 0.3) is 0 Å². The molecule has 0 amide bonds. The number of hydrogen-bond donors (Lipinski definition) is 2. The molecule has 120 valence electrons. The second kappa shape index (κ2) is 7.44. The summed E-state index contributed by atoms with van der Waals surface area (Å²) in [6.45, 7) is 4.54. The van der Waals surface area contributed by atoms with Gasteiger partial charge in [-0.05, 0) is 6.92 Å². The predicted molar refractivity (Wildman–Crippen MR) is 75.6 cm³/mol. The molecule has 21 heavy (non-hydrogen) atoms. The zero-order chi connectivity index (χ0) is 16.0. The summed E-state index contributed by atoms with van der Waals surface area (Å²) in [5.74, 6) is 1.10. The smallest absolute Gasteiger partial charge is 0.395 e. The van der Waals surface area contributed by atoms with Crippen LogP contribution in [0.1, 0.15) is 32.5 Å². The van der Waals surface area contributed by atoms with E-state index >= 15 is 0 Å². The van der Waals surface area contributed by atoms with Crippen molar-refractivity contribution in [3.63, 3.8) is 0 Å². The lowest BCUT2D eigenvalue weighted by Crippen LogP contribution is -2.37. The molecule has 0 bridgehead atoms. The van der Waals surface area contributed by atoms with Gasteiger partial charge in [0.1, 0.15) is 24.0 Å². The maximum absolute atomic E-state index is 12.6. The van der Waals surface area contributed by atoms with E-state index in [4.69, 9.17) is 5.11 Å². The molecule has 8 heteroatoms. The molecule has 0 atom stereocenters. The third-order valence-electron chi connectivity index (χ3n) is 2.67. The number of alkyl halides is 3. The molecule has 0 aliphatic rings. The summed E-state index contributed by atoms with van der Waals surface area (Å²) in [4.78, 5) is 9.46. The Hall–Kier alpha value is -1.57. The Balaban J connectivity index is 3.15. The van der Waals surface area contributed by atoms with E-state index in [0.29, 0.717) is 18.2 Å². The molecule has 2 N–H and O–H groups in total. The van der Waals surface area contributed by atoms with Gasteiger partial charge in [-0.15, -0.1) is 0 Å². The van der Waals surface area contributed by atoms with Crippen molar-refractivity contribution in [2.75, 3.05) is 36.5 Å². The van der Waals surface area contributed by atoms with Gasteiger partial charge in [0.15, 0.2) is 0 Å². The molecular formula is C13H21F3N4O. The summed E-state index contributed by atoms with van der Waals surface area (Å²) in [6.07, 6.45) is -4.36. The second-order valence-electron chi connectivity index (χ2n) is 4.91. The monoisotopic (exact) mass is 306 g/mol. The highest BCUT2D eigenvalue weighted by molar-refractivity contribution is 5.50. The fourth-order valence-electron chi connectivity index (χ4n) is 1.76. The molecule has 1 rings (SSSR count). The number of rotatable bonds is 7. The minimum absolute atomic E-state index is 0.00998. The van der Waals surface area contributed by atoms with Crippen LogP contribution in [0.15, 0.2) is 6.07 Å². The minimum atomic E-state index is -4.36. The van der Waals surface area contributed by atoms with Crippen molar-refractivity contribution in [2.24, 2.45) is 0 Å². The Bertz CT molecular complexity index is 452. The van der Waals surface area contributed by atoms with Gasteiger partial charge in [-0.25, -0.2) is 9.97 Å². The number of anilines is 2. The third kappa shape index (κ3) is 5.74. The average molecular weight is 306 g/mol. The third-order valence-corrected chi connectivity index (χ3v) is 2.67. The first-order valence-electron chi connectivity index (χ1n) is 6.82. The van der Waals surface area contributed by atoms with E-state index in [9.17, 15) is 13.2 Å². The number of aromatic nitrogens is 2. The normalized spacial score (nSPS) is 11.8. The maximum Gasteiger partial charge on any atom is 0.405 e. The highest BCUT2D eigenvalue weighted by atomic mass is 19.4. The Morgan fingerprint density at radius 1 is 1.33 bits per heavy atom. The van der Waals surface area contributed by atoms with Gasteiger partial charge in [0, 0.05) is 25.1 Å². The summed E-state index contributed by atoms with van der Waals surface area (Å²) in [6, 6.07) is 1.47. The molecule has 0 aliphatic heterocycles. The molecule has 0 unspecified atom stereocenters. The van der Waals surface area contributed by atoms with Gasteiger partial charge in [-0.1, -0.05) is 13.8 Å². The number of nitrogens with one attached hydrogen (secondary N) is 1. The number of hydrogen-bond acceptors (Lipinski definition) is 5. The van der Waals surface area contributed by atoms with Gasteiger partial charge < -0.3 is 15.3 Å². The first-order valence-corrected chi connectivity index (χ1v) is 6.82. The van der Waals surface area contributed by atoms with Crippen LogP contribution in [0.3, 0.4) is 0 Å². The van der Waals surface area contributed by atoms with Crippen molar-refractivity contribution in [3.05, 3.63) is 11.9 Å². The second-order valence-corrected chi connectivity index (χ2v) is 4.91. The lowest BCUT2D eigenvalue weighted by atomic mass is 10.2. The predicted octanol–water partition coefficient (Wildman–Crippen LogP) is 2.39. The summed E-state index contributed by atoms with van der Waals surface area (Å²) in [7, 11) is 0. The molecule has 1 heterocycles. The quantitative estimate of drug-likeness (QED) is 0.810. The lowest BCUT2D eigenvalue weighted by molar-refractivity contribution is -0.120. The van der Waals surface area contributed by atoms with Crippen molar-refractivity contribution >= 4 is 11.6 Å². The minimum Gasteiger partial charge on any atom is -0.395 e. The zero-order valence-corrected chi connectivity index (χ0v) is 12.4. The van der Waals surface area contributed by atoms with Gasteiger partial charge >= 0.3 is 6.18 Å². The van der Waals surface area contributed by atoms with E-state index in [1.807, 2.05) is 20.8 Å². The first-order chi connectivity index (χ1) is 9.76. The van der Waals surface area contributed by atoms with Crippen LogP contribution in [0.2, 0.25) is 0 Å². The van der Waals surface area contributed by atoms with Gasteiger partial charge in [-0.3, -0.25) is 0 Å². The van der Waals surface area contributed by atoms with Crippen molar-refractivity contribution in [3.8, 4) is 0 Å². The first kappa shape index (κ1) is 17.5. The van der Waals surface area contributed by atoms with Crippen LogP contribution in [-0.4, -0.2) is 47.5 Å². The molecule has 0 fully saturated rings. The van der Waals surface area contributed by atoms with Gasteiger partial charge in [0.05, 0.1) is 6.61 Å². The van der Waals surface area contributed by atoms with Crippen LogP contribution in [0.4, 0.5) is 24.8 Å². The number of nitrogens with zero attached hydrogens (tertiary/aromatic N) is 3. The topological polar surface area (TPSA) is 61.3 Å². The highest BCUT2D eigenvalue weighted by Crippen LogP contribution is 2.24. The van der Waals surface area contributed by atoms with Crippen molar-refractivity contribution in [1.29, 1.82) is 0 Å². The van der Waals surface area contributed by atoms with E-state index in [1.165, 1.54) is 6.07 Å². The Kier molecular flexibility index (Phi) is 6.19. The standard InChI is InChI=1S/C13H21F3N4O/c1-4-17-10-7-11(19-12(18-10)9(2)3)20(5-6-21)8-13(14,15)16/h7,9,21H,4-6,8H2,1-3H3,(H,17,18,19). The Morgan fingerprint density at radius 2 is 2.00 bits per heavy atom. The van der Waals surface area contributed by atoms with Crippen LogP contribution >= 0.6 is 0 Å². The van der Waals surface area contributed by atoms with Crippen molar-refractivity contribution in [2.45, 2.75) is 32.9 Å². The molecule has 0 aromatic carbocycles. The van der Waals surface area contributed by atoms with E-state index in [2.05, 4.69) is 15.3 Å². The van der Waals surface area contributed by atoms with E-state index in [0.717, 1.165) is 4.90 Å². The zero-order valence-electron chi connectivity index (χ0n) is 12.4. The molecule has 5 nitrogen and oxygen atoms in total. The average Bonchev–Trinajstić information content (AvgIpc) is 2.36. The van der Waals surface area contributed by atoms with Crippen molar-refractivity contribution in [1.82, 2.24) is 9.97 Å². The molecule has 0 saturated carbocycles. The fourth-order valence-corrected chi connectivity index (χ4v) is 1.76. The van der Waals surface area contributed by atoms with Crippen LogP contribution in [0.5, 0.6) is 0 Å². The highest BCUT2D eigenvalue weighted by Gasteiger charge is 2.31. The van der Waals surface area contributed by atoms with E-state index in [1.54, 1.807) is 0 Å². The molecule has 0 spiro atoms.